The first-order valence-electron chi connectivity index (χ1n) is 9.94. The standard InChI is InChI=1S/C23H26ClNO3/c24-20-12-6-16(7-13-20)15-25-21(23(27)28)14-22(26)19-10-8-18(9-11-19)17-4-2-1-3-5-17/h6-13,17,21,25H,1-5,14-15H2,(H,27,28)/t21-/m0/s1. The second-order valence-electron chi connectivity index (χ2n) is 7.58. The molecule has 1 aliphatic rings. The van der Waals surface area contributed by atoms with Crippen LogP contribution in [0, 0.1) is 0 Å². The number of aliphatic carboxylic acids is 1. The first-order valence-corrected chi connectivity index (χ1v) is 10.3. The van der Waals surface area contributed by atoms with Crippen molar-refractivity contribution in [3.63, 3.8) is 0 Å². The van der Waals surface area contributed by atoms with E-state index in [-0.39, 0.29) is 12.2 Å². The molecular weight excluding hydrogens is 374 g/mol. The van der Waals surface area contributed by atoms with Crippen LogP contribution in [0.4, 0.5) is 0 Å². The summed E-state index contributed by atoms with van der Waals surface area (Å²) in [5, 5.41) is 13.7. The molecule has 1 fully saturated rings. The summed E-state index contributed by atoms with van der Waals surface area (Å²) in [4.78, 5) is 24.1. The average Bonchev–Trinajstić information content (AvgIpc) is 2.72. The molecule has 0 unspecified atom stereocenters. The first-order chi connectivity index (χ1) is 13.5. The Hall–Kier alpha value is -2.17. The third-order valence-electron chi connectivity index (χ3n) is 5.57. The number of ketones is 1. The molecule has 0 radical (unpaired) electrons. The highest BCUT2D eigenvalue weighted by Gasteiger charge is 2.20. The highest BCUT2D eigenvalue weighted by atomic mass is 35.5. The summed E-state index contributed by atoms with van der Waals surface area (Å²) in [5.41, 5.74) is 2.78. The number of Topliss-reactive ketones (excluding diaryl/α,β-unsaturated/α-hetero) is 1. The lowest BCUT2D eigenvalue weighted by molar-refractivity contribution is -0.697. The van der Waals surface area contributed by atoms with E-state index in [9.17, 15) is 14.7 Å². The van der Waals surface area contributed by atoms with Gasteiger partial charge in [-0.2, -0.15) is 0 Å². The zero-order valence-electron chi connectivity index (χ0n) is 15.9. The molecule has 5 heteroatoms. The van der Waals surface area contributed by atoms with Crippen molar-refractivity contribution in [1.82, 2.24) is 0 Å². The topological polar surface area (TPSA) is 73.8 Å². The highest BCUT2D eigenvalue weighted by Crippen LogP contribution is 2.32. The molecule has 2 N–H and O–H groups in total. The molecule has 1 atom stereocenters. The monoisotopic (exact) mass is 399 g/mol. The number of nitrogens with two attached hydrogens (primary N) is 1. The molecule has 0 aliphatic heterocycles. The van der Waals surface area contributed by atoms with Crippen LogP contribution in [0.5, 0.6) is 0 Å². The number of halogens is 1. The van der Waals surface area contributed by atoms with Crippen molar-refractivity contribution in [2.75, 3.05) is 0 Å². The van der Waals surface area contributed by atoms with Crippen molar-refractivity contribution in [1.29, 1.82) is 0 Å². The molecule has 0 spiro atoms. The Labute approximate surface area is 170 Å². The lowest BCUT2D eigenvalue weighted by atomic mass is 9.84. The molecule has 1 aliphatic carbocycles. The Balaban J connectivity index is 1.58. The normalized spacial score (nSPS) is 15.9. The van der Waals surface area contributed by atoms with Crippen LogP contribution in [0.1, 0.15) is 65.9 Å². The Kier molecular flexibility index (Phi) is 7.24. The van der Waals surface area contributed by atoms with E-state index in [1.807, 2.05) is 36.4 Å². The number of carboxylic acids is 1. The predicted molar refractivity (Wildman–Crippen MR) is 107 cm³/mol. The van der Waals surface area contributed by atoms with Crippen molar-refractivity contribution >= 4 is 23.4 Å². The molecule has 3 rings (SSSR count). The predicted octanol–water partition coefficient (Wildman–Crippen LogP) is 2.84. The first kappa shape index (κ1) is 20.6. The molecule has 148 valence electrons. The molecule has 1 saturated carbocycles. The van der Waals surface area contributed by atoms with Gasteiger partial charge in [-0.05, 0) is 36.5 Å². The van der Waals surface area contributed by atoms with Crippen LogP contribution in [-0.2, 0) is 11.3 Å². The maximum Gasteiger partial charge on any atom is 0.169 e. The maximum atomic E-state index is 12.6. The summed E-state index contributed by atoms with van der Waals surface area (Å²) in [7, 11) is 0. The summed E-state index contributed by atoms with van der Waals surface area (Å²) in [5.74, 6) is -0.806. The number of carbonyl (C=O) groups is 2. The van der Waals surface area contributed by atoms with Gasteiger partial charge in [-0.25, -0.2) is 0 Å². The van der Waals surface area contributed by atoms with E-state index in [0.717, 1.165) is 5.56 Å². The third kappa shape index (κ3) is 5.66. The van der Waals surface area contributed by atoms with E-state index in [1.54, 1.807) is 17.4 Å². The third-order valence-corrected chi connectivity index (χ3v) is 5.82. The van der Waals surface area contributed by atoms with Gasteiger partial charge in [0.05, 0.1) is 12.4 Å². The Bertz CT molecular complexity index is 796. The van der Waals surface area contributed by atoms with Gasteiger partial charge >= 0.3 is 0 Å². The number of rotatable bonds is 8. The molecule has 2 aromatic carbocycles. The minimum Gasteiger partial charge on any atom is -0.544 e. The van der Waals surface area contributed by atoms with Crippen molar-refractivity contribution < 1.29 is 20.0 Å². The molecule has 0 aromatic heterocycles. The van der Waals surface area contributed by atoms with Gasteiger partial charge < -0.3 is 15.2 Å². The molecular formula is C23H26ClNO3. The SMILES string of the molecule is O=C(C[C@H]([NH2+]Cc1ccc(Cl)cc1)C(=O)[O-])c1ccc(C2CCCCC2)cc1. The second-order valence-corrected chi connectivity index (χ2v) is 8.01. The number of hydrogen-bond donors (Lipinski definition) is 1. The fourth-order valence-electron chi connectivity index (χ4n) is 3.86. The number of hydrogen-bond acceptors (Lipinski definition) is 3. The zero-order valence-corrected chi connectivity index (χ0v) is 16.7. The van der Waals surface area contributed by atoms with Crippen LogP contribution >= 0.6 is 11.6 Å². The van der Waals surface area contributed by atoms with Gasteiger partial charge in [0, 0.05) is 16.1 Å². The van der Waals surface area contributed by atoms with E-state index in [2.05, 4.69) is 0 Å². The van der Waals surface area contributed by atoms with E-state index in [4.69, 9.17) is 11.6 Å². The van der Waals surface area contributed by atoms with Crippen molar-refractivity contribution in [3.05, 3.63) is 70.2 Å². The average molecular weight is 400 g/mol. The highest BCUT2D eigenvalue weighted by molar-refractivity contribution is 6.30. The number of benzene rings is 2. The fraction of sp³-hybridized carbons (Fsp3) is 0.391. The molecule has 0 heterocycles. The lowest BCUT2D eigenvalue weighted by Gasteiger charge is -2.22. The summed E-state index contributed by atoms with van der Waals surface area (Å²) in [6.07, 6.45) is 6.17. The zero-order chi connectivity index (χ0) is 19.9. The molecule has 0 saturated heterocycles. The largest absolute Gasteiger partial charge is 0.544 e. The van der Waals surface area contributed by atoms with E-state index in [1.165, 1.54) is 37.7 Å². The second kappa shape index (κ2) is 9.85. The molecule has 0 amide bonds. The van der Waals surface area contributed by atoms with E-state index >= 15 is 0 Å². The van der Waals surface area contributed by atoms with E-state index < -0.39 is 12.0 Å². The van der Waals surface area contributed by atoms with Gasteiger partial charge in [-0.3, -0.25) is 4.79 Å². The van der Waals surface area contributed by atoms with Crippen LogP contribution in [0.15, 0.2) is 48.5 Å². The molecule has 4 nitrogen and oxygen atoms in total. The summed E-state index contributed by atoms with van der Waals surface area (Å²) >= 11 is 5.86. The number of carbonyl (C=O) groups excluding carboxylic acids is 2. The van der Waals surface area contributed by atoms with Gasteiger partial charge in [-0.15, -0.1) is 0 Å². The maximum absolute atomic E-state index is 12.6. The van der Waals surface area contributed by atoms with Gasteiger partial charge in [0.15, 0.2) is 5.78 Å². The number of quaternary nitrogens is 1. The minimum atomic E-state index is -1.22. The minimum absolute atomic E-state index is 0.0846. The van der Waals surface area contributed by atoms with E-state index in [0.29, 0.717) is 23.0 Å². The van der Waals surface area contributed by atoms with Crippen LogP contribution in [0.25, 0.3) is 0 Å². The molecule has 28 heavy (non-hydrogen) atoms. The van der Waals surface area contributed by atoms with Crippen LogP contribution in [-0.4, -0.2) is 17.8 Å². The fourth-order valence-corrected chi connectivity index (χ4v) is 3.98. The Morgan fingerprint density at radius 2 is 1.64 bits per heavy atom. The van der Waals surface area contributed by atoms with Crippen LogP contribution in [0.2, 0.25) is 5.02 Å². The van der Waals surface area contributed by atoms with Crippen LogP contribution in [0.3, 0.4) is 0 Å². The van der Waals surface area contributed by atoms with Crippen LogP contribution < -0.4 is 10.4 Å². The molecule has 0 bridgehead atoms. The summed E-state index contributed by atoms with van der Waals surface area (Å²) in [6.45, 7) is 0.448. The Morgan fingerprint density at radius 3 is 2.25 bits per heavy atom. The van der Waals surface area contributed by atoms with Gasteiger partial charge in [0.25, 0.3) is 0 Å². The van der Waals surface area contributed by atoms with Crippen molar-refractivity contribution in [2.24, 2.45) is 0 Å². The van der Waals surface area contributed by atoms with Gasteiger partial charge in [0.2, 0.25) is 0 Å². The quantitative estimate of drug-likeness (QED) is 0.693. The van der Waals surface area contributed by atoms with Crippen molar-refractivity contribution in [3.8, 4) is 0 Å². The summed E-state index contributed by atoms with van der Waals surface area (Å²) in [6, 6.07) is 14.0. The Morgan fingerprint density at radius 1 is 1.00 bits per heavy atom. The lowest BCUT2D eigenvalue weighted by Crippen LogP contribution is -2.92. The van der Waals surface area contributed by atoms with Crippen molar-refractivity contribution in [2.45, 2.75) is 57.0 Å². The molecule has 2 aromatic rings. The van der Waals surface area contributed by atoms with Gasteiger partial charge in [-0.1, -0.05) is 67.3 Å². The smallest absolute Gasteiger partial charge is 0.169 e. The number of carboxylic acid groups (broad SMARTS) is 1. The van der Waals surface area contributed by atoms with Gasteiger partial charge in [0.1, 0.15) is 12.6 Å². The summed E-state index contributed by atoms with van der Waals surface area (Å²) < 4.78 is 0.